The van der Waals surface area contributed by atoms with Gasteiger partial charge in [-0.25, -0.2) is 0 Å². The predicted octanol–water partition coefficient (Wildman–Crippen LogP) is 4.45. The number of nitrogens with one attached hydrogen (secondary N) is 1. The van der Waals surface area contributed by atoms with Gasteiger partial charge in [0.25, 0.3) is 11.8 Å². The van der Waals surface area contributed by atoms with Gasteiger partial charge in [-0.1, -0.05) is 34.5 Å². The lowest BCUT2D eigenvalue weighted by Crippen LogP contribution is -2.31. The molecule has 7 heteroatoms. The van der Waals surface area contributed by atoms with E-state index in [0.29, 0.717) is 17.5 Å². The van der Waals surface area contributed by atoms with E-state index in [9.17, 15) is 14.4 Å². The Hall–Kier alpha value is -2.51. The van der Waals surface area contributed by atoms with Crippen LogP contribution < -0.4 is 5.32 Å². The number of amides is 3. The van der Waals surface area contributed by atoms with Crippen molar-refractivity contribution < 1.29 is 14.4 Å². The fourth-order valence-corrected chi connectivity index (χ4v) is 4.52. The Labute approximate surface area is 190 Å². The van der Waals surface area contributed by atoms with E-state index in [0.717, 1.165) is 29.8 Å². The number of anilines is 1. The lowest BCUT2D eigenvalue weighted by molar-refractivity contribution is -0.116. The molecule has 162 valence electrons. The van der Waals surface area contributed by atoms with Crippen LogP contribution >= 0.6 is 15.9 Å². The zero-order valence-electron chi connectivity index (χ0n) is 17.4. The molecule has 0 atom stereocenters. The van der Waals surface area contributed by atoms with E-state index in [2.05, 4.69) is 38.3 Å². The van der Waals surface area contributed by atoms with Crippen molar-refractivity contribution in [2.45, 2.75) is 38.6 Å². The number of benzene rings is 2. The molecule has 2 aromatic carbocycles. The van der Waals surface area contributed by atoms with Crippen molar-refractivity contribution in [1.82, 2.24) is 9.80 Å². The van der Waals surface area contributed by atoms with Crippen LogP contribution in [0.1, 0.15) is 58.4 Å². The molecule has 6 nitrogen and oxygen atoms in total. The lowest BCUT2D eigenvalue weighted by Gasteiger charge is -2.26. The standard InChI is InChI=1S/C24H26BrN3O3/c25-18-8-11-20-21(15-18)24(31)28(23(20)30)14-4-5-22(29)26-19-9-6-17(7-10-19)16-27-12-2-1-3-13-27/h6-11,15H,1-5,12-14,16H2,(H,26,29). The van der Waals surface area contributed by atoms with E-state index in [-0.39, 0.29) is 30.7 Å². The molecule has 2 aromatic rings. The molecule has 1 N–H and O–H groups in total. The minimum Gasteiger partial charge on any atom is -0.326 e. The molecule has 2 heterocycles. The smallest absolute Gasteiger partial charge is 0.261 e. The summed E-state index contributed by atoms with van der Waals surface area (Å²) in [6.45, 7) is 3.49. The van der Waals surface area contributed by atoms with Crippen LogP contribution in [-0.2, 0) is 11.3 Å². The highest BCUT2D eigenvalue weighted by Gasteiger charge is 2.35. The first-order valence-corrected chi connectivity index (χ1v) is 11.6. The second-order valence-electron chi connectivity index (χ2n) is 8.14. The first-order chi connectivity index (χ1) is 15.0. The number of hydrogen-bond donors (Lipinski definition) is 1. The van der Waals surface area contributed by atoms with E-state index < -0.39 is 0 Å². The third-order valence-corrected chi connectivity index (χ3v) is 6.30. The van der Waals surface area contributed by atoms with Crippen LogP contribution in [0, 0.1) is 0 Å². The summed E-state index contributed by atoms with van der Waals surface area (Å²) >= 11 is 3.33. The normalized spacial score (nSPS) is 16.5. The first kappa shape index (κ1) is 21.7. The molecule has 0 bridgehead atoms. The van der Waals surface area contributed by atoms with Crippen LogP contribution in [0.4, 0.5) is 5.69 Å². The van der Waals surface area contributed by atoms with Gasteiger partial charge in [-0.2, -0.15) is 0 Å². The lowest BCUT2D eigenvalue weighted by atomic mass is 10.1. The Bertz CT molecular complexity index is 984. The van der Waals surface area contributed by atoms with Crippen molar-refractivity contribution in [1.29, 1.82) is 0 Å². The molecule has 0 saturated carbocycles. The maximum absolute atomic E-state index is 12.5. The predicted molar refractivity (Wildman–Crippen MR) is 123 cm³/mol. The summed E-state index contributed by atoms with van der Waals surface area (Å²) in [5, 5.41) is 2.90. The van der Waals surface area contributed by atoms with Crippen LogP contribution in [0.2, 0.25) is 0 Å². The van der Waals surface area contributed by atoms with Crippen LogP contribution in [0.25, 0.3) is 0 Å². The zero-order chi connectivity index (χ0) is 21.8. The van der Waals surface area contributed by atoms with Gasteiger partial charge in [-0.3, -0.25) is 24.2 Å². The molecule has 3 amide bonds. The number of imide groups is 1. The van der Waals surface area contributed by atoms with Crippen molar-refractivity contribution in [3.8, 4) is 0 Å². The van der Waals surface area contributed by atoms with E-state index in [1.807, 2.05) is 12.1 Å². The van der Waals surface area contributed by atoms with E-state index >= 15 is 0 Å². The highest BCUT2D eigenvalue weighted by molar-refractivity contribution is 9.10. The third-order valence-electron chi connectivity index (χ3n) is 5.81. The van der Waals surface area contributed by atoms with Crippen LogP contribution in [0.15, 0.2) is 46.9 Å². The number of fused-ring (bicyclic) bond motifs is 1. The molecule has 0 spiro atoms. The molecular weight excluding hydrogens is 458 g/mol. The summed E-state index contributed by atoms with van der Waals surface area (Å²) in [5.41, 5.74) is 2.84. The Balaban J connectivity index is 1.23. The Morgan fingerprint density at radius 2 is 1.65 bits per heavy atom. The number of halogens is 1. The Morgan fingerprint density at radius 1 is 0.935 bits per heavy atom. The molecular formula is C24H26BrN3O3. The highest BCUT2D eigenvalue weighted by atomic mass is 79.9. The Morgan fingerprint density at radius 3 is 2.39 bits per heavy atom. The van der Waals surface area contributed by atoms with Crippen molar-refractivity contribution in [2.75, 3.05) is 25.0 Å². The third kappa shape index (κ3) is 5.22. The molecule has 0 aromatic heterocycles. The number of rotatable bonds is 7. The van der Waals surface area contributed by atoms with Gasteiger partial charge < -0.3 is 5.32 Å². The van der Waals surface area contributed by atoms with Gasteiger partial charge in [0, 0.05) is 29.7 Å². The molecule has 2 aliphatic heterocycles. The largest absolute Gasteiger partial charge is 0.326 e. The minimum absolute atomic E-state index is 0.122. The molecule has 0 aliphatic carbocycles. The molecule has 31 heavy (non-hydrogen) atoms. The zero-order valence-corrected chi connectivity index (χ0v) is 19.0. The molecule has 2 aliphatic rings. The SMILES string of the molecule is O=C(CCCN1C(=O)c2ccc(Br)cc2C1=O)Nc1ccc(CN2CCCCC2)cc1. The second-order valence-corrected chi connectivity index (χ2v) is 9.05. The Kier molecular flexibility index (Phi) is 6.83. The average Bonchev–Trinajstić information content (AvgIpc) is 3.00. The van der Waals surface area contributed by atoms with Gasteiger partial charge in [0.15, 0.2) is 0 Å². The van der Waals surface area contributed by atoms with Gasteiger partial charge in [0.2, 0.25) is 5.91 Å². The van der Waals surface area contributed by atoms with Crippen molar-refractivity contribution in [3.63, 3.8) is 0 Å². The first-order valence-electron chi connectivity index (χ1n) is 10.8. The summed E-state index contributed by atoms with van der Waals surface area (Å²) < 4.78 is 0.760. The minimum atomic E-state index is -0.300. The summed E-state index contributed by atoms with van der Waals surface area (Å²) in [4.78, 5) is 40.9. The van der Waals surface area contributed by atoms with Crippen molar-refractivity contribution in [3.05, 3.63) is 63.6 Å². The number of piperidine rings is 1. The number of carbonyl (C=O) groups excluding carboxylic acids is 3. The van der Waals surface area contributed by atoms with Gasteiger partial charge in [-0.05, 0) is 68.2 Å². The monoisotopic (exact) mass is 483 g/mol. The number of hydrogen-bond acceptors (Lipinski definition) is 4. The van der Waals surface area contributed by atoms with E-state index in [1.165, 1.54) is 29.7 Å². The van der Waals surface area contributed by atoms with Crippen molar-refractivity contribution in [2.24, 2.45) is 0 Å². The maximum Gasteiger partial charge on any atom is 0.261 e. The van der Waals surface area contributed by atoms with Crippen LogP contribution in [-0.4, -0.2) is 47.2 Å². The number of likely N-dealkylation sites (tertiary alicyclic amines) is 1. The van der Waals surface area contributed by atoms with Crippen molar-refractivity contribution >= 4 is 39.3 Å². The van der Waals surface area contributed by atoms with Gasteiger partial charge in [0.1, 0.15) is 0 Å². The molecule has 4 rings (SSSR count). The fourth-order valence-electron chi connectivity index (χ4n) is 4.16. The van der Waals surface area contributed by atoms with E-state index in [4.69, 9.17) is 0 Å². The summed E-state index contributed by atoms with van der Waals surface area (Å²) in [6, 6.07) is 13.0. The van der Waals surface area contributed by atoms with Crippen LogP contribution in [0.5, 0.6) is 0 Å². The molecule has 1 saturated heterocycles. The molecule has 0 unspecified atom stereocenters. The second kappa shape index (κ2) is 9.75. The van der Waals surface area contributed by atoms with Gasteiger partial charge in [-0.15, -0.1) is 0 Å². The molecule has 0 radical (unpaired) electrons. The number of carbonyl (C=O) groups is 3. The van der Waals surface area contributed by atoms with Gasteiger partial charge in [0.05, 0.1) is 11.1 Å². The summed E-state index contributed by atoms with van der Waals surface area (Å²) in [7, 11) is 0. The fraction of sp³-hybridized carbons (Fsp3) is 0.375. The highest BCUT2D eigenvalue weighted by Crippen LogP contribution is 2.26. The van der Waals surface area contributed by atoms with E-state index in [1.54, 1.807) is 18.2 Å². The average molecular weight is 484 g/mol. The quantitative estimate of drug-likeness (QED) is 0.590. The summed E-state index contributed by atoms with van der Waals surface area (Å²) in [6.07, 6.45) is 4.53. The topological polar surface area (TPSA) is 69.7 Å². The summed E-state index contributed by atoms with van der Waals surface area (Å²) in [5.74, 6) is -0.716. The number of nitrogens with zero attached hydrogens (tertiary/aromatic N) is 2. The maximum atomic E-state index is 12.5. The van der Waals surface area contributed by atoms with Crippen LogP contribution in [0.3, 0.4) is 0 Å². The molecule has 1 fully saturated rings. The van der Waals surface area contributed by atoms with Gasteiger partial charge >= 0.3 is 0 Å².